The number of para-hydroxylation sites is 1. The highest BCUT2D eigenvalue weighted by Crippen LogP contribution is 2.24. The number of aromatic nitrogens is 3. The van der Waals surface area contributed by atoms with Crippen LogP contribution in [-0.4, -0.2) is 51.1 Å². The van der Waals surface area contributed by atoms with Gasteiger partial charge in [-0.25, -0.2) is 4.68 Å². The molecule has 0 saturated carbocycles. The first-order valence-corrected chi connectivity index (χ1v) is 11.5. The van der Waals surface area contributed by atoms with Gasteiger partial charge >= 0.3 is 0 Å². The van der Waals surface area contributed by atoms with E-state index in [1.54, 1.807) is 23.2 Å². The maximum Gasteiger partial charge on any atom is 0.244 e. The van der Waals surface area contributed by atoms with E-state index in [0.29, 0.717) is 13.0 Å². The molecule has 1 N–H and O–H groups in total. The molecule has 170 valence electrons. The van der Waals surface area contributed by atoms with Gasteiger partial charge in [0.05, 0.1) is 5.69 Å². The average Bonchev–Trinajstić information content (AvgIpc) is 3.09. The number of rotatable bonds is 7. The molecule has 0 unspecified atom stereocenters. The fraction of sp³-hybridized carbons (Fsp3) is 0.308. The summed E-state index contributed by atoms with van der Waals surface area (Å²) in [7, 11) is 0. The minimum absolute atomic E-state index is 0.115. The highest BCUT2D eigenvalue weighted by Gasteiger charge is 2.15. The van der Waals surface area contributed by atoms with Gasteiger partial charge in [0.25, 0.3) is 0 Å². The zero-order chi connectivity index (χ0) is 22.9. The minimum atomic E-state index is -0.233. The Bertz CT molecular complexity index is 1080. The summed E-state index contributed by atoms with van der Waals surface area (Å²) in [6.07, 6.45) is 13.4. The number of hydrogen-bond donors (Lipinski definition) is 1. The van der Waals surface area contributed by atoms with Gasteiger partial charge in [0.2, 0.25) is 11.8 Å². The van der Waals surface area contributed by atoms with Crippen molar-refractivity contribution in [1.29, 1.82) is 0 Å². The molecule has 0 aliphatic carbocycles. The van der Waals surface area contributed by atoms with Crippen molar-refractivity contribution in [3.63, 3.8) is 0 Å². The van der Waals surface area contributed by atoms with Crippen LogP contribution in [0.5, 0.6) is 0 Å². The number of benzene rings is 1. The zero-order valence-corrected chi connectivity index (χ0v) is 18.7. The molecule has 1 aliphatic rings. The molecule has 0 radical (unpaired) electrons. The second-order valence-corrected chi connectivity index (χ2v) is 8.12. The molecule has 4 rings (SSSR count). The lowest BCUT2D eigenvalue weighted by Crippen LogP contribution is -2.34. The molecular weight excluding hydrogens is 414 g/mol. The first kappa shape index (κ1) is 22.5. The van der Waals surface area contributed by atoms with E-state index < -0.39 is 0 Å². The van der Waals surface area contributed by atoms with E-state index in [-0.39, 0.29) is 11.8 Å². The molecule has 1 aliphatic heterocycles. The molecule has 2 amide bonds. The predicted octanol–water partition coefficient (Wildman–Crippen LogP) is 3.86. The van der Waals surface area contributed by atoms with E-state index in [2.05, 4.69) is 10.3 Å². The van der Waals surface area contributed by atoms with Crippen molar-refractivity contribution in [2.45, 2.75) is 32.1 Å². The molecule has 33 heavy (non-hydrogen) atoms. The fourth-order valence-corrected chi connectivity index (χ4v) is 3.94. The minimum Gasteiger partial charge on any atom is -0.352 e. The Hall–Kier alpha value is -3.74. The molecule has 3 heterocycles. The van der Waals surface area contributed by atoms with Gasteiger partial charge in [-0.15, -0.1) is 0 Å². The molecule has 0 atom stereocenters. The van der Waals surface area contributed by atoms with Crippen LogP contribution in [0.1, 0.15) is 37.7 Å². The van der Waals surface area contributed by atoms with Gasteiger partial charge in [-0.1, -0.05) is 31.0 Å². The summed E-state index contributed by atoms with van der Waals surface area (Å²) in [5, 5.41) is 7.54. The molecule has 7 heteroatoms. The first-order valence-electron chi connectivity index (χ1n) is 11.5. The van der Waals surface area contributed by atoms with E-state index in [4.69, 9.17) is 5.10 Å². The van der Waals surface area contributed by atoms with Crippen molar-refractivity contribution >= 4 is 17.9 Å². The Morgan fingerprint density at radius 2 is 1.79 bits per heavy atom. The van der Waals surface area contributed by atoms with Crippen LogP contribution in [0.2, 0.25) is 0 Å². The van der Waals surface area contributed by atoms with Crippen LogP contribution in [0.15, 0.2) is 67.1 Å². The lowest BCUT2D eigenvalue weighted by molar-refractivity contribution is -0.131. The van der Waals surface area contributed by atoms with Gasteiger partial charge in [0.15, 0.2) is 0 Å². The number of likely N-dealkylation sites (tertiary alicyclic amines) is 1. The van der Waals surface area contributed by atoms with Gasteiger partial charge in [0.1, 0.15) is 5.69 Å². The smallest absolute Gasteiger partial charge is 0.244 e. The van der Waals surface area contributed by atoms with E-state index in [9.17, 15) is 9.59 Å². The van der Waals surface area contributed by atoms with Crippen LogP contribution >= 0.6 is 0 Å². The summed E-state index contributed by atoms with van der Waals surface area (Å²) in [5.74, 6) is -0.118. The Balaban J connectivity index is 1.40. The summed E-state index contributed by atoms with van der Waals surface area (Å²) < 4.78 is 1.79. The SMILES string of the molecule is O=C(/C=C/c1cn(-c2ccccc2)nc1-c1cccnc1)NCCC(=O)N1CCCCCC1. The normalized spacial score (nSPS) is 14.2. The summed E-state index contributed by atoms with van der Waals surface area (Å²) in [6, 6.07) is 13.6. The Kier molecular flexibility index (Phi) is 7.64. The molecular formula is C26H29N5O2. The third-order valence-corrected chi connectivity index (χ3v) is 5.71. The van der Waals surface area contributed by atoms with Crippen LogP contribution in [0.3, 0.4) is 0 Å². The standard InChI is InChI=1S/C26H29N5O2/c32-24(28-16-14-25(33)30-17-6-1-2-7-18-30)13-12-22-20-31(23-10-4-3-5-11-23)29-26(22)21-9-8-15-27-19-21/h3-5,8-13,15,19-20H,1-2,6-7,14,16-18H2,(H,28,32)/b13-12+. The lowest BCUT2D eigenvalue weighted by Gasteiger charge is -2.20. The van der Waals surface area contributed by atoms with Crippen molar-refractivity contribution in [2.24, 2.45) is 0 Å². The molecule has 0 spiro atoms. The molecule has 7 nitrogen and oxygen atoms in total. The molecule has 1 fully saturated rings. The van der Waals surface area contributed by atoms with Gasteiger partial charge in [-0.3, -0.25) is 14.6 Å². The Morgan fingerprint density at radius 3 is 2.52 bits per heavy atom. The fourth-order valence-electron chi connectivity index (χ4n) is 3.94. The van der Waals surface area contributed by atoms with Crippen molar-refractivity contribution < 1.29 is 9.59 Å². The third-order valence-electron chi connectivity index (χ3n) is 5.71. The van der Waals surface area contributed by atoms with Crippen LogP contribution < -0.4 is 5.32 Å². The summed E-state index contributed by atoms with van der Waals surface area (Å²) in [6.45, 7) is 1.99. The van der Waals surface area contributed by atoms with Crippen molar-refractivity contribution in [1.82, 2.24) is 25.0 Å². The second-order valence-electron chi connectivity index (χ2n) is 8.12. The van der Waals surface area contributed by atoms with Crippen molar-refractivity contribution in [3.8, 4) is 16.9 Å². The van der Waals surface area contributed by atoms with Gasteiger partial charge in [-0.2, -0.15) is 5.10 Å². The maximum atomic E-state index is 12.4. The third kappa shape index (κ3) is 6.16. The molecule has 0 bridgehead atoms. The van der Waals surface area contributed by atoms with Gasteiger partial charge in [0, 0.05) is 61.8 Å². The maximum absolute atomic E-state index is 12.4. The largest absolute Gasteiger partial charge is 0.352 e. The molecule has 1 saturated heterocycles. The molecule has 2 aromatic heterocycles. The van der Waals surface area contributed by atoms with E-state index in [0.717, 1.165) is 48.4 Å². The molecule has 1 aromatic carbocycles. The number of carbonyl (C=O) groups is 2. The van der Waals surface area contributed by atoms with Crippen LogP contribution in [0, 0.1) is 0 Å². The van der Waals surface area contributed by atoms with E-state index in [1.165, 1.54) is 18.9 Å². The number of pyridine rings is 1. The lowest BCUT2D eigenvalue weighted by atomic mass is 10.1. The van der Waals surface area contributed by atoms with Gasteiger partial charge in [-0.05, 0) is 43.2 Å². The van der Waals surface area contributed by atoms with E-state index >= 15 is 0 Å². The summed E-state index contributed by atoms with van der Waals surface area (Å²) in [5.41, 5.74) is 3.35. The summed E-state index contributed by atoms with van der Waals surface area (Å²) >= 11 is 0. The summed E-state index contributed by atoms with van der Waals surface area (Å²) in [4.78, 5) is 30.9. The van der Waals surface area contributed by atoms with Gasteiger partial charge < -0.3 is 10.2 Å². The molecule has 3 aromatic rings. The Morgan fingerprint density at radius 1 is 1.00 bits per heavy atom. The highest BCUT2D eigenvalue weighted by atomic mass is 16.2. The van der Waals surface area contributed by atoms with Crippen molar-refractivity contribution in [2.75, 3.05) is 19.6 Å². The number of carbonyl (C=O) groups excluding carboxylic acids is 2. The Labute approximate surface area is 194 Å². The topological polar surface area (TPSA) is 80.1 Å². The zero-order valence-electron chi connectivity index (χ0n) is 18.7. The van der Waals surface area contributed by atoms with E-state index in [1.807, 2.05) is 53.6 Å². The number of hydrogen-bond acceptors (Lipinski definition) is 4. The number of nitrogens with one attached hydrogen (secondary N) is 1. The monoisotopic (exact) mass is 443 g/mol. The predicted molar refractivity (Wildman–Crippen MR) is 129 cm³/mol. The number of nitrogens with zero attached hydrogens (tertiary/aromatic N) is 4. The van der Waals surface area contributed by atoms with Crippen LogP contribution in [0.25, 0.3) is 23.0 Å². The van der Waals surface area contributed by atoms with Crippen molar-refractivity contribution in [3.05, 3.63) is 72.7 Å². The quantitative estimate of drug-likeness (QED) is 0.563. The second kappa shape index (κ2) is 11.2. The first-order chi connectivity index (χ1) is 16.2. The highest BCUT2D eigenvalue weighted by molar-refractivity contribution is 5.93. The van der Waals surface area contributed by atoms with Crippen LogP contribution in [0.4, 0.5) is 0 Å². The van der Waals surface area contributed by atoms with Crippen LogP contribution in [-0.2, 0) is 9.59 Å². The average molecular weight is 444 g/mol. The number of amides is 2.